The van der Waals surface area contributed by atoms with Gasteiger partial charge in [0.05, 0.1) is 12.6 Å². The first-order valence-electron chi connectivity index (χ1n) is 5.13. The molecule has 2 atom stereocenters. The first kappa shape index (κ1) is 14.3. The largest absolute Gasteiger partial charge is 0.505 e. The van der Waals surface area contributed by atoms with Crippen LogP contribution in [0.1, 0.15) is 18.5 Å². The van der Waals surface area contributed by atoms with Gasteiger partial charge in [-0.2, -0.15) is 4.39 Å². The van der Waals surface area contributed by atoms with Crippen LogP contribution in [0.15, 0.2) is 12.1 Å². The van der Waals surface area contributed by atoms with E-state index in [9.17, 15) is 23.1 Å². The summed E-state index contributed by atoms with van der Waals surface area (Å²) >= 11 is 0. The fourth-order valence-corrected chi connectivity index (χ4v) is 1.35. The van der Waals surface area contributed by atoms with Crippen LogP contribution in [0.5, 0.6) is 5.75 Å². The number of nitrogens with two attached hydrogens (primary N) is 1. The lowest BCUT2D eigenvalue weighted by Gasteiger charge is -2.17. The Bertz CT molecular complexity index is 453. The van der Waals surface area contributed by atoms with Crippen LogP contribution in [0.3, 0.4) is 0 Å². The number of rotatable bonds is 4. The molecule has 0 spiro atoms. The standard InChI is InChI=1S/C11H12F3NO3/c1-2-18-11(17)8(14)9(15)5-3-4-6(12)7(13)10(5)16/h3-4,8-9,16H,2,15H2,1H3/t8?,9-/m1/s1. The molecule has 1 aromatic rings. The van der Waals surface area contributed by atoms with E-state index in [0.717, 1.165) is 6.07 Å². The topological polar surface area (TPSA) is 72.5 Å². The number of phenolic OH excluding ortho intramolecular Hbond substituents is 1. The van der Waals surface area contributed by atoms with Gasteiger partial charge in [0.15, 0.2) is 11.6 Å². The fourth-order valence-electron chi connectivity index (χ4n) is 1.35. The second-order valence-corrected chi connectivity index (χ2v) is 3.48. The molecule has 0 bridgehead atoms. The van der Waals surface area contributed by atoms with E-state index < -0.39 is 41.1 Å². The Labute approximate surface area is 101 Å². The van der Waals surface area contributed by atoms with Crippen molar-refractivity contribution in [3.05, 3.63) is 29.3 Å². The third-order valence-electron chi connectivity index (χ3n) is 2.29. The quantitative estimate of drug-likeness (QED) is 0.809. The maximum atomic E-state index is 13.5. The molecule has 1 rings (SSSR count). The lowest BCUT2D eigenvalue weighted by molar-refractivity contribution is -0.149. The van der Waals surface area contributed by atoms with Crippen molar-refractivity contribution in [2.45, 2.75) is 19.1 Å². The van der Waals surface area contributed by atoms with Gasteiger partial charge in [-0.25, -0.2) is 13.6 Å². The van der Waals surface area contributed by atoms with Gasteiger partial charge < -0.3 is 15.6 Å². The highest BCUT2D eigenvalue weighted by Gasteiger charge is 2.30. The third kappa shape index (κ3) is 2.73. The van der Waals surface area contributed by atoms with E-state index in [0.29, 0.717) is 6.07 Å². The van der Waals surface area contributed by atoms with Crippen molar-refractivity contribution < 1.29 is 27.8 Å². The van der Waals surface area contributed by atoms with E-state index in [1.54, 1.807) is 0 Å². The first-order chi connectivity index (χ1) is 8.40. The Kier molecular flexibility index (Phi) is 4.55. The number of aromatic hydroxyl groups is 1. The van der Waals surface area contributed by atoms with Gasteiger partial charge in [-0.15, -0.1) is 0 Å². The average Bonchev–Trinajstić information content (AvgIpc) is 2.35. The van der Waals surface area contributed by atoms with Crippen LogP contribution in [-0.4, -0.2) is 23.9 Å². The van der Waals surface area contributed by atoms with Crippen molar-refractivity contribution in [3.8, 4) is 5.75 Å². The minimum Gasteiger partial charge on any atom is -0.505 e. The van der Waals surface area contributed by atoms with E-state index in [1.165, 1.54) is 6.92 Å². The Hall–Kier alpha value is -1.76. The minimum absolute atomic E-state index is 0.0459. The molecule has 0 aliphatic rings. The summed E-state index contributed by atoms with van der Waals surface area (Å²) in [5, 5.41) is 9.30. The molecular formula is C11H12F3NO3. The van der Waals surface area contributed by atoms with Crippen LogP contribution in [0.4, 0.5) is 13.2 Å². The van der Waals surface area contributed by atoms with Crippen LogP contribution in [-0.2, 0) is 9.53 Å². The predicted octanol–water partition coefficient (Wildman–Crippen LogP) is 1.57. The SMILES string of the molecule is CCOC(=O)C(F)[C@H](N)c1ccc(F)c(F)c1O. The molecule has 18 heavy (non-hydrogen) atoms. The van der Waals surface area contributed by atoms with Gasteiger partial charge in [0.1, 0.15) is 0 Å². The average molecular weight is 263 g/mol. The number of carbonyl (C=O) groups is 1. The number of ether oxygens (including phenoxy) is 1. The number of esters is 1. The molecule has 0 saturated carbocycles. The maximum Gasteiger partial charge on any atom is 0.342 e. The fraction of sp³-hybridized carbons (Fsp3) is 0.364. The highest BCUT2D eigenvalue weighted by atomic mass is 19.2. The molecule has 7 heteroatoms. The van der Waals surface area contributed by atoms with E-state index >= 15 is 0 Å². The summed E-state index contributed by atoms with van der Waals surface area (Å²) in [6.07, 6.45) is -2.28. The van der Waals surface area contributed by atoms with Gasteiger partial charge >= 0.3 is 5.97 Å². The van der Waals surface area contributed by atoms with Gasteiger partial charge in [-0.05, 0) is 13.0 Å². The summed E-state index contributed by atoms with van der Waals surface area (Å²) in [5.74, 6) is -5.18. The van der Waals surface area contributed by atoms with Crippen molar-refractivity contribution in [2.75, 3.05) is 6.61 Å². The molecule has 0 fully saturated rings. The van der Waals surface area contributed by atoms with Gasteiger partial charge in [-0.1, -0.05) is 6.07 Å². The Morgan fingerprint density at radius 2 is 2.11 bits per heavy atom. The van der Waals surface area contributed by atoms with Gasteiger partial charge in [-0.3, -0.25) is 0 Å². The number of benzene rings is 1. The number of phenols is 1. The van der Waals surface area contributed by atoms with E-state index in [2.05, 4.69) is 4.74 Å². The summed E-state index contributed by atoms with van der Waals surface area (Å²) < 4.78 is 43.7. The first-order valence-corrected chi connectivity index (χ1v) is 5.13. The zero-order valence-corrected chi connectivity index (χ0v) is 9.49. The molecule has 0 amide bonds. The predicted molar refractivity (Wildman–Crippen MR) is 56.5 cm³/mol. The second-order valence-electron chi connectivity index (χ2n) is 3.48. The summed E-state index contributed by atoms with van der Waals surface area (Å²) in [6, 6.07) is -0.0501. The molecule has 1 unspecified atom stereocenters. The molecular weight excluding hydrogens is 251 g/mol. The number of alkyl halides is 1. The molecule has 0 radical (unpaired) electrons. The van der Waals surface area contributed by atoms with Crippen molar-refractivity contribution in [1.82, 2.24) is 0 Å². The van der Waals surface area contributed by atoms with Gasteiger partial charge in [0.2, 0.25) is 12.0 Å². The highest BCUT2D eigenvalue weighted by molar-refractivity contribution is 5.76. The van der Waals surface area contributed by atoms with E-state index in [4.69, 9.17) is 5.73 Å². The van der Waals surface area contributed by atoms with Crippen LogP contribution in [0.25, 0.3) is 0 Å². The van der Waals surface area contributed by atoms with Crippen molar-refractivity contribution in [2.24, 2.45) is 5.73 Å². The molecule has 1 aromatic carbocycles. The third-order valence-corrected chi connectivity index (χ3v) is 2.29. The Morgan fingerprint density at radius 3 is 2.67 bits per heavy atom. The number of halogens is 3. The zero-order valence-electron chi connectivity index (χ0n) is 9.49. The highest BCUT2D eigenvalue weighted by Crippen LogP contribution is 2.30. The normalized spacial score (nSPS) is 14.1. The molecule has 3 N–H and O–H groups in total. The van der Waals surface area contributed by atoms with Crippen LogP contribution in [0, 0.1) is 11.6 Å². The lowest BCUT2D eigenvalue weighted by Crippen LogP contribution is -2.31. The molecule has 0 heterocycles. The van der Waals surface area contributed by atoms with Gasteiger partial charge in [0.25, 0.3) is 0 Å². The van der Waals surface area contributed by atoms with Crippen LogP contribution >= 0.6 is 0 Å². The minimum atomic E-state index is -2.28. The van der Waals surface area contributed by atoms with Crippen molar-refractivity contribution in [3.63, 3.8) is 0 Å². The molecule has 0 saturated heterocycles. The van der Waals surface area contributed by atoms with Crippen molar-refractivity contribution >= 4 is 5.97 Å². The van der Waals surface area contributed by atoms with Gasteiger partial charge in [0, 0.05) is 5.56 Å². The molecule has 100 valence electrons. The lowest BCUT2D eigenvalue weighted by atomic mass is 10.0. The smallest absolute Gasteiger partial charge is 0.342 e. The zero-order chi connectivity index (χ0) is 13.9. The van der Waals surface area contributed by atoms with Crippen molar-refractivity contribution in [1.29, 1.82) is 0 Å². The van der Waals surface area contributed by atoms with E-state index in [-0.39, 0.29) is 6.61 Å². The molecule has 0 aliphatic carbocycles. The monoisotopic (exact) mass is 263 g/mol. The summed E-state index contributed by atoms with van der Waals surface area (Å²) in [6.45, 7) is 1.43. The summed E-state index contributed by atoms with van der Waals surface area (Å²) in [5.41, 5.74) is 4.96. The maximum absolute atomic E-state index is 13.5. The number of carbonyl (C=O) groups excluding carboxylic acids is 1. The molecule has 4 nitrogen and oxygen atoms in total. The van der Waals surface area contributed by atoms with E-state index in [1.807, 2.05) is 0 Å². The second kappa shape index (κ2) is 5.72. The number of hydrogen-bond acceptors (Lipinski definition) is 4. The number of hydrogen-bond donors (Lipinski definition) is 2. The Morgan fingerprint density at radius 1 is 1.50 bits per heavy atom. The molecule has 0 aliphatic heterocycles. The van der Waals surface area contributed by atoms with Crippen LogP contribution in [0.2, 0.25) is 0 Å². The summed E-state index contributed by atoms with van der Waals surface area (Å²) in [7, 11) is 0. The summed E-state index contributed by atoms with van der Waals surface area (Å²) in [4.78, 5) is 11.1. The Balaban J connectivity index is 3.00. The van der Waals surface area contributed by atoms with Crippen LogP contribution < -0.4 is 5.73 Å². The molecule has 0 aromatic heterocycles.